The van der Waals surface area contributed by atoms with Crippen molar-refractivity contribution >= 4 is 0 Å². The SMILES string of the molecule is CCCn1ccnc1C(O)c1ccc(C(F)F)cc1. The molecule has 0 aliphatic heterocycles. The fraction of sp³-hybridized carbons (Fsp3) is 0.357. The van der Waals surface area contributed by atoms with Crippen molar-refractivity contribution in [1.82, 2.24) is 9.55 Å². The number of alkyl halides is 2. The molecule has 19 heavy (non-hydrogen) atoms. The van der Waals surface area contributed by atoms with Gasteiger partial charge in [0.2, 0.25) is 0 Å². The fourth-order valence-corrected chi connectivity index (χ4v) is 1.97. The number of halogens is 2. The number of rotatable bonds is 5. The first kappa shape index (κ1) is 13.7. The van der Waals surface area contributed by atoms with E-state index >= 15 is 0 Å². The van der Waals surface area contributed by atoms with E-state index in [4.69, 9.17) is 0 Å². The summed E-state index contributed by atoms with van der Waals surface area (Å²) in [5.41, 5.74) is 0.515. The lowest BCUT2D eigenvalue weighted by molar-refractivity contribution is 0.151. The molecule has 3 nitrogen and oxygen atoms in total. The summed E-state index contributed by atoms with van der Waals surface area (Å²) in [6.07, 6.45) is 0.971. The highest BCUT2D eigenvalue weighted by Crippen LogP contribution is 2.24. The van der Waals surface area contributed by atoms with Crippen molar-refractivity contribution in [1.29, 1.82) is 0 Å². The number of hydrogen-bond donors (Lipinski definition) is 1. The van der Waals surface area contributed by atoms with Crippen LogP contribution < -0.4 is 0 Å². The van der Waals surface area contributed by atoms with Gasteiger partial charge in [0.1, 0.15) is 11.9 Å². The van der Waals surface area contributed by atoms with Gasteiger partial charge < -0.3 is 9.67 Å². The third-order valence-corrected chi connectivity index (χ3v) is 2.96. The molecule has 5 heteroatoms. The highest BCUT2D eigenvalue weighted by atomic mass is 19.3. The molecule has 0 aliphatic rings. The Morgan fingerprint density at radius 1 is 1.21 bits per heavy atom. The molecule has 0 aliphatic carbocycles. The zero-order chi connectivity index (χ0) is 13.8. The normalized spacial score (nSPS) is 12.9. The molecule has 1 N–H and O–H groups in total. The zero-order valence-corrected chi connectivity index (χ0v) is 10.6. The number of aliphatic hydroxyl groups excluding tert-OH is 1. The molecule has 2 rings (SSSR count). The molecule has 0 saturated carbocycles. The second kappa shape index (κ2) is 5.93. The molecule has 0 radical (unpaired) electrons. The van der Waals surface area contributed by atoms with E-state index in [2.05, 4.69) is 4.98 Å². The summed E-state index contributed by atoms with van der Waals surface area (Å²) in [5, 5.41) is 10.2. The van der Waals surface area contributed by atoms with Crippen LogP contribution in [0.25, 0.3) is 0 Å². The Bertz CT molecular complexity index is 522. The van der Waals surface area contributed by atoms with Crippen LogP contribution in [0.5, 0.6) is 0 Å². The van der Waals surface area contributed by atoms with Crippen LogP contribution in [0.15, 0.2) is 36.7 Å². The van der Waals surface area contributed by atoms with Crippen molar-refractivity contribution in [3.05, 3.63) is 53.6 Å². The zero-order valence-electron chi connectivity index (χ0n) is 10.6. The monoisotopic (exact) mass is 266 g/mol. The molecule has 1 atom stereocenters. The van der Waals surface area contributed by atoms with Crippen LogP contribution in [0.1, 0.15) is 42.8 Å². The number of aryl methyl sites for hydroxylation is 1. The molecule has 0 saturated heterocycles. The molecule has 0 spiro atoms. The van der Waals surface area contributed by atoms with E-state index in [9.17, 15) is 13.9 Å². The van der Waals surface area contributed by atoms with Crippen LogP contribution in [0.4, 0.5) is 8.78 Å². The van der Waals surface area contributed by atoms with Gasteiger partial charge in [-0.1, -0.05) is 31.2 Å². The highest BCUT2D eigenvalue weighted by Gasteiger charge is 2.16. The fourth-order valence-electron chi connectivity index (χ4n) is 1.97. The molecule has 0 amide bonds. The van der Waals surface area contributed by atoms with Crippen molar-refractivity contribution in [2.45, 2.75) is 32.4 Å². The Kier molecular flexibility index (Phi) is 4.27. The number of aliphatic hydroxyl groups is 1. The van der Waals surface area contributed by atoms with Gasteiger partial charge >= 0.3 is 0 Å². The van der Waals surface area contributed by atoms with Crippen LogP contribution >= 0.6 is 0 Å². The first-order chi connectivity index (χ1) is 9.13. The summed E-state index contributed by atoms with van der Waals surface area (Å²) in [4.78, 5) is 4.13. The summed E-state index contributed by atoms with van der Waals surface area (Å²) < 4.78 is 26.8. The first-order valence-electron chi connectivity index (χ1n) is 6.20. The largest absolute Gasteiger partial charge is 0.380 e. The molecule has 1 unspecified atom stereocenters. The standard InChI is InChI=1S/C14H16F2N2O/c1-2-8-18-9-7-17-14(18)12(19)10-3-5-11(6-4-10)13(15)16/h3-7,9,12-13,19H,2,8H2,1H3. The van der Waals surface area contributed by atoms with Gasteiger partial charge in [-0.25, -0.2) is 13.8 Å². The van der Waals surface area contributed by atoms with Crippen molar-refractivity contribution in [2.24, 2.45) is 0 Å². The maximum absolute atomic E-state index is 12.5. The molecule has 0 fully saturated rings. The van der Waals surface area contributed by atoms with E-state index < -0.39 is 12.5 Å². The second-order valence-electron chi connectivity index (χ2n) is 4.35. The Morgan fingerprint density at radius 2 is 1.84 bits per heavy atom. The summed E-state index contributed by atoms with van der Waals surface area (Å²) in [6.45, 7) is 2.80. The number of benzene rings is 1. The van der Waals surface area contributed by atoms with Crippen molar-refractivity contribution in [2.75, 3.05) is 0 Å². The van der Waals surface area contributed by atoms with Crippen LogP contribution in [0.2, 0.25) is 0 Å². The summed E-state index contributed by atoms with van der Waals surface area (Å²) in [7, 11) is 0. The smallest absolute Gasteiger partial charge is 0.263 e. The van der Waals surface area contributed by atoms with Crippen molar-refractivity contribution in [3.8, 4) is 0 Å². The van der Waals surface area contributed by atoms with Gasteiger partial charge in [-0.15, -0.1) is 0 Å². The number of aromatic nitrogens is 2. The molecule has 1 aromatic carbocycles. The number of nitrogens with zero attached hydrogens (tertiary/aromatic N) is 2. The summed E-state index contributed by atoms with van der Waals surface area (Å²) >= 11 is 0. The Morgan fingerprint density at radius 3 is 2.42 bits per heavy atom. The van der Waals surface area contributed by atoms with Gasteiger partial charge in [-0.3, -0.25) is 0 Å². The predicted molar refractivity (Wildman–Crippen MR) is 68.0 cm³/mol. The molecule has 2 aromatic rings. The van der Waals surface area contributed by atoms with E-state index in [0.29, 0.717) is 11.4 Å². The van der Waals surface area contributed by atoms with E-state index in [-0.39, 0.29) is 5.56 Å². The molecule has 102 valence electrons. The topological polar surface area (TPSA) is 38.0 Å². The first-order valence-corrected chi connectivity index (χ1v) is 6.20. The van der Waals surface area contributed by atoms with Gasteiger partial charge in [0, 0.05) is 24.5 Å². The van der Waals surface area contributed by atoms with Crippen LogP contribution in [-0.2, 0) is 6.54 Å². The third kappa shape index (κ3) is 2.98. The molecular formula is C14H16F2N2O. The van der Waals surface area contributed by atoms with Crippen molar-refractivity contribution in [3.63, 3.8) is 0 Å². The quantitative estimate of drug-likeness (QED) is 0.901. The van der Waals surface area contributed by atoms with Crippen LogP contribution in [0, 0.1) is 0 Å². The highest BCUT2D eigenvalue weighted by molar-refractivity contribution is 5.28. The minimum atomic E-state index is -2.49. The number of imidazole rings is 1. The van der Waals surface area contributed by atoms with E-state index in [1.54, 1.807) is 12.4 Å². The third-order valence-electron chi connectivity index (χ3n) is 2.96. The van der Waals surface area contributed by atoms with Gasteiger partial charge in [0.25, 0.3) is 6.43 Å². The van der Waals surface area contributed by atoms with E-state index in [1.807, 2.05) is 11.5 Å². The van der Waals surface area contributed by atoms with Gasteiger partial charge in [0.05, 0.1) is 0 Å². The predicted octanol–water partition coefficient (Wildman–Crippen LogP) is 3.31. The Labute approximate surface area is 110 Å². The lowest BCUT2D eigenvalue weighted by Crippen LogP contribution is -2.09. The molecular weight excluding hydrogens is 250 g/mol. The van der Waals surface area contributed by atoms with Crippen molar-refractivity contribution < 1.29 is 13.9 Å². The molecule has 1 aromatic heterocycles. The average Bonchev–Trinajstić information content (AvgIpc) is 2.87. The molecule has 0 bridgehead atoms. The minimum absolute atomic E-state index is 0.0483. The lowest BCUT2D eigenvalue weighted by Gasteiger charge is -2.13. The second-order valence-corrected chi connectivity index (χ2v) is 4.35. The summed E-state index contributed by atoms with van der Waals surface area (Å²) in [6, 6.07) is 5.68. The molecule has 1 heterocycles. The van der Waals surface area contributed by atoms with Gasteiger partial charge in [-0.05, 0) is 12.0 Å². The minimum Gasteiger partial charge on any atom is -0.380 e. The maximum atomic E-state index is 12.5. The number of hydrogen-bond acceptors (Lipinski definition) is 2. The lowest BCUT2D eigenvalue weighted by atomic mass is 10.1. The van der Waals surface area contributed by atoms with E-state index in [0.717, 1.165) is 13.0 Å². The summed E-state index contributed by atoms with van der Waals surface area (Å²) in [5.74, 6) is 0.534. The Balaban J connectivity index is 2.23. The van der Waals surface area contributed by atoms with Gasteiger partial charge in [-0.2, -0.15) is 0 Å². The Hall–Kier alpha value is -1.75. The van der Waals surface area contributed by atoms with Crippen LogP contribution in [0.3, 0.4) is 0 Å². The van der Waals surface area contributed by atoms with E-state index in [1.165, 1.54) is 24.3 Å². The average molecular weight is 266 g/mol. The maximum Gasteiger partial charge on any atom is 0.263 e. The van der Waals surface area contributed by atoms with Crippen LogP contribution in [-0.4, -0.2) is 14.7 Å². The van der Waals surface area contributed by atoms with Gasteiger partial charge in [0.15, 0.2) is 0 Å².